The normalized spacial score (nSPS) is 11.9. The minimum Gasteiger partial charge on any atom is -0.322 e. The first-order valence-electron chi connectivity index (χ1n) is 6.13. The zero-order valence-electron chi connectivity index (χ0n) is 11.6. The van der Waals surface area contributed by atoms with E-state index in [4.69, 9.17) is 0 Å². The van der Waals surface area contributed by atoms with Gasteiger partial charge in [0.15, 0.2) is 0 Å². The molecule has 0 aliphatic carbocycles. The van der Waals surface area contributed by atoms with E-state index in [1.54, 1.807) is 6.07 Å². The molecular formula is C13H17N3O3S. The summed E-state index contributed by atoms with van der Waals surface area (Å²) in [5.74, 6) is 0. The van der Waals surface area contributed by atoms with Crippen molar-refractivity contribution in [2.45, 2.75) is 20.4 Å². The zero-order valence-corrected chi connectivity index (χ0v) is 12.4. The first-order valence-corrected chi connectivity index (χ1v) is 7.62. The van der Waals surface area contributed by atoms with Crippen LogP contribution in [0.15, 0.2) is 23.0 Å². The number of aromatic nitrogens is 1. The highest BCUT2D eigenvalue weighted by atomic mass is 32.2. The molecule has 2 aromatic rings. The van der Waals surface area contributed by atoms with Crippen LogP contribution < -0.4 is 15.0 Å². The predicted molar refractivity (Wildman–Crippen MR) is 78.9 cm³/mol. The molecule has 7 heteroatoms. The van der Waals surface area contributed by atoms with E-state index in [2.05, 4.69) is 14.4 Å². The summed E-state index contributed by atoms with van der Waals surface area (Å²) in [5, 5.41) is 0.881. The number of fused-ring (bicyclic) bond motifs is 1. The van der Waals surface area contributed by atoms with Gasteiger partial charge in [-0.25, -0.2) is 4.72 Å². The standard InChI is InChI=1S/C13H17N3O3S/c1-8-4-10-6-11(7-15-20(18,19)14-3)13(17)16-12(10)5-9(8)2/h4-6,14-15H,7H2,1-3H3,(H,16,17). The molecule has 3 N–H and O–H groups in total. The fourth-order valence-electron chi connectivity index (χ4n) is 1.90. The maximum atomic E-state index is 11.9. The third-order valence-corrected chi connectivity index (χ3v) is 4.32. The van der Waals surface area contributed by atoms with Crippen LogP contribution in [0.2, 0.25) is 0 Å². The van der Waals surface area contributed by atoms with Gasteiger partial charge in [-0.05, 0) is 48.6 Å². The van der Waals surface area contributed by atoms with Crippen LogP contribution >= 0.6 is 0 Å². The molecule has 0 aliphatic rings. The Kier molecular flexibility index (Phi) is 3.94. The van der Waals surface area contributed by atoms with E-state index in [1.807, 2.05) is 26.0 Å². The summed E-state index contributed by atoms with van der Waals surface area (Å²) in [4.78, 5) is 14.7. The summed E-state index contributed by atoms with van der Waals surface area (Å²) in [6.45, 7) is 3.91. The molecule has 0 unspecified atom stereocenters. The van der Waals surface area contributed by atoms with Gasteiger partial charge < -0.3 is 4.98 Å². The second kappa shape index (κ2) is 5.35. The van der Waals surface area contributed by atoms with Crippen molar-refractivity contribution in [3.05, 3.63) is 45.2 Å². The highest BCUT2D eigenvalue weighted by Crippen LogP contribution is 2.17. The molecule has 0 atom stereocenters. The minimum atomic E-state index is -3.56. The molecule has 20 heavy (non-hydrogen) atoms. The molecule has 1 aromatic carbocycles. The van der Waals surface area contributed by atoms with Crippen LogP contribution in [0.1, 0.15) is 16.7 Å². The minimum absolute atomic E-state index is 0.0542. The van der Waals surface area contributed by atoms with Gasteiger partial charge in [-0.2, -0.15) is 13.1 Å². The van der Waals surface area contributed by atoms with E-state index in [1.165, 1.54) is 7.05 Å². The van der Waals surface area contributed by atoms with Crippen LogP contribution in [0.5, 0.6) is 0 Å². The number of hydrogen-bond donors (Lipinski definition) is 3. The summed E-state index contributed by atoms with van der Waals surface area (Å²) >= 11 is 0. The van der Waals surface area contributed by atoms with Gasteiger partial charge in [0.1, 0.15) is 0 Å². The summed E-state index contributed by atoms with van der Waals surface area (Å²) in [5.41, 5.74) is 3.04. The molecule has 0 fully saturated rings. The van der Waals surface area contributed by atoms with E-state index in [-0.39, 0.29) is 12.1 Å². The number of pyridine rings is 1. The number of hydrogen-bond acceptors (Lipinski definition) is 3. The van der Waals surface area contributed by atoms with Crippen molar-refractivity contribution in [3.63, 3.8) is 0 Å². The van der Waals surface area contributed by atoms with E-state index < -0.39 is 10.2 Å². The Morgan fingerprint density at radius 3 is 2.45 bits per heavy atom. The maximum Gasteiger partial charge on any atom is 0.276 e. The lowest BCUT2D eigenvalue weighted by Crippen LogP contribution is -2.34. The Bertz CT molecular complexity index is 809. The second-order valence-corrected chi connectivity index (χ2v) is 6.38. The number of rotatable bonds is 4. The molecule has 0 saturated carbocycles. The average Bonchev–Trinajstić information content (AvgIpc) is 2.39. The summed E-state index contributed by atoms with van der Waals surface area (Å²) in [7, 11) is -2.25. The lowest BCUT2D eigenvalue weighted by molar-refractivity contribution is 0.572. The van der Waals surface area contributed by atoms with Gasteiger partial charge in [-0.1, -0.05) is 0 Å². The van der Waals surface area contributed by atoms with Crippen molar-refractivity contribution in [3.8, 4) is 0 Å². The summed E-state index contributed by atoms with van der Waals surface area (Å²) in [6.07, 6.45) is 0. The highest BCUT2D eigenvalue weighted by Gasteiger charge is 2.09. The number of nitrogens with one attached hydrogen (secondary N) is 3. The third-order valence-electron chi connectivity index (χ3n) is 3.26. The highest BCUT2D eigenvalue weighted by molar-refractivity contribution is 7.87. The van der Waals surface area contributed by atoms with Crippen LogP contribution in [0.25, 0.3) is 10.9 Å². The first-order chi connectivity index (χ1) is 9.32. The second-order valence-electron chi connectivity index (χ2n) is 4.68. The van der Waals surface area contributed by atoms with E-state index >= 15 is 0 Å². The Balaban J connectivity index is 2.43. The van der Waals surface area contributed by atoms with Gasteiger partial charge in [0, 0.05) is 24.7 Å². The smallest absolute Gasteiger partial charge is 0.276 e. The summed E-state index contributed by atoms with van der Waals surface area (Å²) < 4.78 is 27.1. The molecule has 6 nitrogen and oxygen atoms in total. The van der Waals surface area contributed by atoms with Gasteiger partial charge in [-0.3, -0.25) is 4.79 Å². The van der Waals surface area contributed by atoms with Crippen molar-refractivity contribution in [2.75, 3.05) is 7.05 Å². The van der Waals surface area contributed by atoms with Gasteiger partial charge in [-0.15, -0.1) is 0 Å². The van der Waals surface area contributed by atoms with Crippen LogP contribution in [0.3, 0.4) is 0 Å². The number of aromatic amines is 1. The zero-order chi connectivity index (χ0) is 14.9. The Hall–Kier alpha value is -1.70. The van der Waals surface area contributed by atoms with Crippen LogP contribution in [-0.2, 0) is 16.8 Å². The molecule has 108 valence electrons. The molecule has 0 spiro atoms. The molecule has 0 amide bonds. The fraction of sp³-hybridized carbons (Fsp3) is 0.308. The Labute approximate surface area is 117 Å². The van der Waals surface area contributed by atoms with Crippen molar-refractivity contribution < 1.29 is 8.42 Å². The Morgan fingerprint density at radius 2 is 1.80 bits per heavy atom. The maximum absolute atomic E-state index is 11.9. The number of H-pyrrole nitrogens is 1. The number of aryl methyl sites for hydroxylation is 2. The van der Waals surface area contributed by atoms with Crippen molar-refractivity contribution in [1.29, 1.82) is 0 Å². The third kappa shape index (κ3) is 3.06. The number of benzene rings is 1. The van der Waals surface area contributed by atoms with E-state index in [0.717, 1.165) is 22.0 Å². The van der Waals surface area contributed by atoms with Gasteiger partial charge in [0.25, 0.3) is 15.8 Å². The molecule has 0 bridgehead atoms. The molecule has 1 aromatic heterocycles. The molecule has 0 radical (unpaired) electrons. The van der Waals surface area contributed by atoms with Crippen LogP contribution in [-0.4, -0.2) is 20.4 Å². The first kappa shape index (κ1) is 14.7. The SMILES string of the molecule is CNS(=O)(=O)NCc1cc2cc(C)c(C)cc2[nH]c1=O. The topological polar surface area (TPSA) is 91.1 Å². The van der Waals surface area contributed by atoms with Crippen LogP contribution in [0, 0.1) is 13.8 Å². The van der Waals surface area contributed by atoms with Crippen molar-refractivity contribution in [1.82, 2.24) is 14.4 Å². The molecule has 0 aliphatic heterocycles. The Morgan fingerprint density at radius 1 is 1.15 bits per heavy atom. The molecule has 0 saturated heterocycles. The predicted octanol–water partition coefficient (Wildman–Crippen LogP) is 0.699. The van der Waals surface area contributed by atoms with Crippen molar-refractivity contribution in [2.24, 2.45) is 0 Å². The average molecular weight is 295 g/mol. The molecule has 1 heterocycles. The lowest BCUT2D eigenvalue weighted by atomic mass is 10.1. The fourth-order valence-corrected chi connectivity index (χ4v) is 2.39. The lowest BCUT2D eigenvalue weighted by Gasteiger charge is -2.07. The monoisotopic (exact) mass is 295 g/mol. The van der Waals surface area contributed by atoms with Gasteiger partial charge >= 0.3 is 0 Å². The van der Waals surface area contributed by atoms with Gasteiger partial charge in [0.05, 0.1) is 0 Å². The van der Waals surface area contributed by atoms with E-state index in [9.17, 15) is 13.2 Å². The quantitative estimate of drug-likeness (QED) is 0.775. The van der Waals surface area contributed by atoms with Crippen molar-refractivity contribution >= 4 is 21.1 Å². The molecular weight excluding hydrogens is 278 g/mol. The molecule has 2 rings (SSSR count). The van der Waals surface area contributed by atoms with Crippen LogP contribution in [0.4, 0.5) is 0 Å². The largest absolute Gasteiger partial charge is 0.322 e. The van der Waals surface area contributed by atoms with E-state index in [0.29, 0.717) is 5.56 Å². The van der Waals surface area contributed by atoms with Gasteiger partial charge in [0.2, 0.25) is 0 Å². The summed E-state index contributed by atoms with van der Waals surface area (Å²) in [6, 6.07) is 5.59.